The van der Waals surface area contributed by atoms with Gasteiger partial charge in [0.05, 0.1) is 10.2 Å². The number of benzene rings is 2. The zero-order chi connectivity index (χ0) is 14.2. The van der Waals surface area contributed by atoms with E-state index in [0.717, 1.165) is 32.5 Å². The van der Waals surface area contributed by atoms with Gasteiger partial charge in [0.2, 0.25) is 0 Å². The lowest BCUT2D eigenvalue weighted by molar-refractivity contribution is 1.37. The lowest BCUT2D eigenvalue weighted by Gasteiger charge is -1.96. The fourth-order valence-corrected chi connectivity index (χ4v) is 3.92. The van der Waals surface area contributed by atoms with E-state index in [4.69, 9.17) is 10.7 Å². The fourth-order valence-electron chi connectivity index (χ4n) is 2.11. The molecule has 0 amide bonds. The summed E-state index contributed by atoms with van der Waals surface area (Å²) >= 11 is 3.30. The number of hydrogen-bond acceptors (Lipinski definition) is 5. The topological polar surface area (TPSA) is 51.8 Å². The Kier molecular flexibility index (Phi) is 2.94. The quantitative estimate of drug-likeness (QED) is 0.547. The number of thiazole rings is 2. The number of fused-ring (bicyclic) bond motifs is 1. The van der Waals surface area contributed by atoms with Crippen molar-refractivity contribution < 1.29 is 0 Å². The Morgan fingerprint density at radius 1 is 0.857 bits per heavy atom. The molecule has 0 aliphatic heterocycles. The number of rotatable bonds is 2. The zero-order valence-electron chi connectivity index (χ0n) is 11.0. The van der Waals surface area contributed by atoms with E-state index in [1.54, 1.807) is 22.7 Å². The van der Waals surface area contributed by atoms with Crippen molar-refractivity contribution in [2.75, 3.05) is 5.73 Å². The van der Waals surface area contributed by atoms with Crippen molar-refractivity contribution >= 4 is 38.6 Å². The van der Waals surface area contributed by atoms with Gasteiger partial charge in [0.1, 0.15) is 15.7 Å². The van der Waals surface area contributed by atoms with Gasteiger partial charge in [0.15, 0.2) is 0 Å². The molecule has 2 aromatic heterocycles. The maximum absolute atomic E-state index is 5.72. The van der Waals surface area contributed by atoms with Crippen LogP contribution in [0.2, 0.25) is 0 Å². The molecule has 2 aromatic carbocycles. The summed E-state index contributed by atoms with van der Waals surface area (Å²) < 4.78 is 1.19. The van der Waals surface area contributed by atoms with Crippen LogP contribution in [0.25, 0.3) is 31.5 Å². The van der Waals surface area contributed by atoms with Crippen LogP contribution in [0.15, 0.2) is 53.9 Å². The molecule has 3 nitrogen and oxygen atoms in total. The van der Waals surface area contributed by atoms with E-state index in [0.29, 0.717) is 0 Å². The van der Waals surface area contributed by atoms with Gasteiger partial charge in [0, 0.05) is 16.6 Å². The largest absolute Gasteiger partial charge is 0.399 e. The lowest BCUT2D eigenvalue weighted by Crippen LogP contribution is -1.83. The molecule has 2 N–H and O–H groups in total. The maximum atomic E-state index is 5.72. The Balaban J connectivity index is 1.75. The van der Waals surface area contributed by atoms with E-state index in [-0.39, 0.29) is 0 Å². The summed E-state index contributed by atoms with van der Waals surface area (Å²) in [5.41, 5.74) is 9.53. The van der Waals surface area contributed by atoms with Crippen LogP contribution in [0.5, 0.6) is 0 Å². The minimum absolute atomic E-state index is 0.765. The molecule has 21 heavy (non-hydrogen) atoms. The average molecular weight is 309 g/mol. The van der Waals surface area contributed by atoms with Gasteiger partial charge >= 0.3 is 0 Å². The number of nitrogens with two attached hydrogens (primary N) is 1. The highest BCUT2D eigenvalue weighted by Crippen LogP contribution is 2.33. The molecule has 4 rings (SSSR count). The SMILES string of the molecule is Nc1ccc(-c2nc(-c3nc4ccccc4s3)cs2)cc1. The predicted octanol–water partition coefficient (Wildman–Crippen LogP) is 4.67. The average Bonchev–Trinajstić information content (AvgIpc) is 3.14. The first-order valence-electron chi connectivity index (χ1n) is 6.47. The number of nitrogen functional groups attached to an aromatic ring is 1. The molecule has 0 fully saturated rings. The summed E-state index contributed by atoms with van der Waals surface area (Å²) in [6.45, 7) is 0. The second kappa shape index (κ2) is 4.95. The molecule has 2 heterocycles. The van der Waals surface area contributed by atoms with Crippen LogP contribution in [0, 0.1) is 0 Å². The van der Waals surface area contributed by atoms with Crippen LogP contribution in [0.3, 0.4) is 0 Å². The summed E-state index contributed by atoms with van der Waals surface area (Å²) in [6, 6.07) is 15.9. The molecular formula is C16H11N3S2. The van der Waals surface area contributed by atoms with Crippen molar-refractivity contribution in [1.82, 2.24) is 9.97 Å². The minimum Gasteiger partial charge on any atom is -0.399 e. The molecule has 0 radical (unpaired) electrons. The van der Waals surface area contributed by atoms with E-state index in [9.17, 15) is 0 Å². The molecule has 0 saturated heterocycles. The van der Waals surface area contributed by atoms with Crippen LogP contribution < -0.4 is 5.73 Å². The highest BCUT2D eigenvalue weighted by molar-refractivity contribution is 7.22. The molecule has 0 saturated carbocycles. The van der Waals surface area contributed by atoms with Crippen molar-refractivity contribution in [3.63, 3.8) is 0 Å². The second-order valence-corrected chi connectivity index (χ2v) is 6.54. The third-order valence-corrected chi connectivity index (χ3v) is 5.13. The number of aromatic nitrogens is 2. The van der Waals surface area contributed by atoms with E-state index in [1.165, 1.54) is 4.70 Å². The van der Waals surface area contributed by atoms with Crippen LogP contribution in [0.4, 0.5) is 5.69 Å². The molecule has 0 aliphatic carbocycles. The summed E-state index contributed by atoms with van der Waals surface area (Å²) in [6.07, 6.45) is 0. The Morgan fingerprint density at radius 3 is 2.48 bits per heavy atom. The highest BCUT2D eigenvalue weighted by Gasteiger charge is 2.10. The number of anilines is 1. The molecule has 0 aliphatic rings. The maximum Gasteiger partial charge on any atom is 0.144 e. The highest BCUT2D eigenvalue weighted by atomic mass is 32.1. The van der Waals surface area contributed by atoms with E-state index in [2.05, 4.69) is 16.4 Å². The minimum atomic E-state index is 0.765. The van der Waals surface area contributed by atoms with E-state index in [1.807, 2.05) is 42.5 Å². The van der Waals surface area contributed by atoms with Crippen LogP contribution in [-0.4, -0.2) is 9.97 Å². The van der Waals surface area contributed by atoms with Gasteiger partial charge in [-0.1, -0.05) is 12.1 Å². The number of para-hydroxylation sites is 1. The molecule has 5 heteroatoms. The zero-order valence-corrected chi connectivity index (χ0v) is 12.6. The monoisotopic (exact) mass is 309 g/mol. The fraction of sp³-hybridized carbons (Fsp3) is 0. The second-order valence-electron chi connectivity index (χ2n) is 4.65. The normalized spacial score (nSPS) is 11.0. The van der Waals surface area contributed by atoms with Crippen LogP contribution >= 0.6 is 22.7 Å². The van der Waals surface area contributed by atoms with Crippen molar-refractivity contribution in [3.05, 3.63) is 53.9 Å². The van der Waals surface area contributed by atoms with Crippen LogP contribution in [-0.2, 0) is 0 Å². The first kappa shape index (κ1) is 12.5. The number of hydrogen-bond donors (Lipinski definition) is 1. The van der Waals surface area contributed by atoms with Gasteiger partial charge in [-0.05, 0) is 36.4 Å². The third-order valence-electron chi connectivity index (χ3n) is 3.17. The molecule has 0 unspecified atom stereocenters. The first-order chi connectivity index (χ1) is 10.3. The molecular weight excluding hydrogens is 298 g/mol. The molecule has 0 spiro atoms. The Morgan fingerprint density at radius 2 is 1.67 bits per heavy atom. The Labute approximate surface area is 129 Å². The third kappa shape index (κ3) is 2.30. The smallest absolute Gasteiger partial charge is 0.144 e. The van der Waals surface area contributed by atoms with Crippen molar-refractivity contribution in [2.24, 2.45) is 0 Å². The van der Waals surface area contributed by atoms with E-state index < -0.39 is 0 Å². The van der Waals surface area contributed by atoms with Crippen molar-refractivity contribution in [3.8, 4) is 21.3 Å². The standard InChI is InChI=1S/C16H11N3S2/c17-11-7-5-10(6-8-11)15-19-13(9-20-15)16-18-12-3-1-2-4-14(12)21-16/h1-9H,17H2. The van der Waals surface area contributed by atoms with Gasteiger partial charge < -0.3 is 5.73 Å². The van der Waals surface area contributed by atoms with Gasteiger partial charge in [-0.15, -0.1) is 22.7 Å². The van der Waals surface area contributed by atoms with Gasteiger partial charge in [0.25, 0.3) is 0 Å². The van der Waals surface area contributed by atoms with Gasteiger partial charge in [-0.2, -0.15) is 0 Å². The molecule has 4 aromatic rings. The first-order valence-corrected chi connectivity index (χ1v) is 8.16. The molecule has 0 atom stereocenters. The van der Waals surface area contributed by atoms with E-state index >= 15 is 0 Å². The summed E-state index contributed by atoms with van der Waals surface area (Å²) in [5.74, 6) is 0. The molecule has 0 bridgehead atoms. The van der Waals surface area contributed by atoms with Crippen molar-refractivity contribution in [1.29, 1.82) is 0 Å². The number of nitrogens with zero attached hydrogens (tertiary/aromatic N) is 2. The Bertz CT molecular complexity index is 874. The predicted molar refractivity (Wildman–Crippen MR) is 90.6 cm³/mol. The molecule has 102 valence electrons. The van der Waals surface area contributed by atoms with Crippen LogP contribution in [0.1, 0.15) is 0 Å². The lowest BCUT2D eigenvalue weighted by atomic mass is 10.2. The summed E-state index contributed by atoms with van der Waals surface area (Å²) in [4.78, 5) is 9.35. The Hall–Kier alpha value is -2.24. The van der Waals surface area contributed by atoms with Gasteiger partial charge in [-0.3, -0.25) is 0 Å². The van der Waals surface area contributed by atoms with Crippen molar-refractivity contribution in [2.45, 2.75) is 0 Å². The summed E-state index contributed by atoms with van der Waals surface area (Å²) in [5, 5.41) is 4.02. The summed E-state index contributed by atoms with van der Waals surface area (Å²) in [7, 11) is 0. The van der Waals surface area contributed by atoms with Gasteiger partial charge in [-0.25, -0.2) is 9.97 Å².